The van der Waals surface area contributed by atoms with Crippen LogP contribution in [0.1, 0.15) is 11.1 Å². The van der Waals surface area contributed by atoms with E-state index in [4.69, 9.17) is 11.6 Å². The summed E-state index contributed by atoms with van der Waals surface area (Å²) in [6.07, 6.45) is -4.37. The Morgan fingerprint density at radius 3 is 2.39 bits per heavy atom. The summed E-state index contributed by atoms with van der Waals surface area (Å²) in [5, 5.41) is 13.5. The first-order valence-corrected chi connectivity index (χ1v) is 9.84. The minimum Gasteiger partial charge on any atom is -0.324 e. The van der Waals surface area contributed by atoms with Crippen LogP contribution in [-0.2, 0) is 17.5 Å². The molecule has 7 nitrogen and oxygen atoms in total. The van der Waals surface area contributed by atoms with Crippen LogP contribution in [0.3, 0.4) is 0 Å². The van der Waals surface area contributed by atoms with Crippen molar-refractivity contribution in [3.8, 4) is 0 Å². The third kappa shape index (κ3) is 6.39. The Balaban J connectivity index is 1.48. The Morgan fingerprint density at radius 1 is 1.10 bits per heavy atom. The van der Waals surface area contributed by atoms with Gasteiger partial charge in [0.25, 0.3) is 5.69 Å². The maximum Gasteiger partial charge on any atom is 0.416 e. The largest absolute Gasteiger partial charge is 0.416 e. The monoisotopic (exact) mass is 456 g/mol. The summed E-state index contributed by atoms with van der Waals surface area (Å²) in [5.74, 6) is -0.304. The van der Waals surface area contributed by atoms with Crippen LogP contribution in [0.25, 0.3) is 0 Å². The van der Waals surface area contributed by atoms with Gasteiger partial charge in [-0.15, -0.1) is 0 Å². The first kappa shape index (κ1) is 23.0. The number of piperazine rings is 1. The smallest absolute Gasteiger partial charge is 0.324 e. The Hall–Kier alpha value is -2.69. The molecular formula is C20H20ClF3N4O3. The zero-order chi connectivity index (χ0) is 22.6. The summed E-state index contributed by atoms with van der Waals surface area (Å²) < 4.78 is 38.6. The van der Waals surface area contributed by atoms with Gasteiger partial charge in [-0.1, -0.05) is 29.8 Å². The van der Waals surface area contributed by atoms with E-state index in [2.05, 4.69) is 5.32 Å². The summed E-state index contributed by atoms with van der Waals surface area (Å²) in [6.45, 7) is 2.91. The number of rotatable bonds is 6. The molecule has 0 unspecified atom stereocenters. The molecule has 1 saturated heterocycles. The number of nitrogens with zero attached hydrogens (tertiary/aromatic N) is 3. The minimum atomic E-state index is -4.37. The summed E-state index contributed by atoms with van der Waals surface area (Å²) in [5.41, 5.74) is 0.0550. The molecule has 0 radical (unpaired) electrons. The van der Waals surface area contributed by atoms with E-state index < -0.39 is 16.7 Å². The molecule has 1 fully saturated rings. The van der Waals surface area contributed by atoms with Gasteiger partial charge in [0.15, 0.2) is 0 Å². The molecule has 166 valence electrons. The Bertz CT molecular complexity index is 963. The Labute approximate surface area is 181 Å². The molecule has 3 rings (SSSR count). The molecule has 1 heterocycles. The highest BCUT2D eigenvalue weighted by molar-refractivity contribution is 6.34. The second-order valence-corrected chi connectivity index (χ2v) is 7.63. The van der Waals surface area contributed by atoms with E-state index in [-0.39, 0.29) is 23.2 Å². The molecule has 1 N–H and O–H groups in total. The first-order valence-electron chi connectivity index (χ1n) is 9.46. The average molecular weight is 457 g/mol. The van der Waals surface area contributed by atoms with E-state index in [1.807, 2.05) is 9.80 Å². The lowest BCUT2D eigenvalue weighted by molar-refractivity contribution is -0.384. The third-order valence-corrected chi connectivity index (χ3v) is 5.24. The van der Waals surface area contributed by atoms with E-state index in [0.29, 0.717) is 44.0 Å². The predicted molar refractivity (Wildman–Crippen MR) is 110 cm³/mol. The van der Waals surface area contributed by atoms with Gasteiger partial charge >= 0.3 is 6.18 Å². The van der Waals surface area contributed by atoms with Crippen molar-refractivity contribution in [2.75, 3.05) is 38.0 Å². The van der Waals surface area contributed by atoms with Gasteiger partial charge in [-0.2, -0.15) is 13.2 Å². The number of anilines is 1. The number of carbonyl (C=O) groups excluding carboxylic acids is 1. The normalized spacial score (nSPS) is 15.6. The first-order chi connectivity index (χ1) is 14.6. The van der Waals surface area contributed by atoms with Crippen LogP contribution in [0.4, 0.5) is 24.5 Å². The van der Waals surface area contributed by atoms with Crippen LogP contribution in [0.2, 0.25) is 5.02 Å². The molecule has 2 aromatic rings. The number of alkyl halides is 3. The standard InChI is InChI=1S/C20H20ClF3N4O3/c21-17-11-16(28(30)31)4-5-18(17)25-19(29)13-27-8-6-26(7-9-27)12-14-2-1-3-15(10-14)20(22,23)24/h1-5,10-11H,6-9,12-13H2,(H,25,29). The fraction of sp³-hybridized carbons (Fsp3) is 0.350. The fourth-order valence-corrected chi connectivity index (χ4v) is 3.54. The third-order valence-electron chi connectivity index (χ3n) is 4.93. The number of non-ortho nitro benzene ring substituents is 1. The van der Waals surface area contributed by atoms with E-state index in [0.717, 1.165) is 12.1 Å². The van der Waals surface area contributed by atoms with E-state index in [1.165, 1.54) is 24.3 Å². The highest BCUT2D eigenvalue weighted by Gasteiger charge is 2.30. The van der Waals surface area contributed by atoms with Crippen LogP contribution < -0.4 is 5.32 Å². The molecule has 1 aliphatic heterocycles. The van der Waals surface area contributed by atoms with Crippen molar-refractivity contribution in [3.63, 3.8) is 0 Å². The van der Waals surface area contributed by atoms with Gasteiger partial charge < -0.3 is 5.32 Å². The molecule has 2 aromatic carbocycles. The molecule has 1 aliphatic rings. The van der Waals surface area contributed by atoms with Crippen molar-refractivity contribution < 1.29 is 22.9 Å². The van der Waals surface area contributed by atoms with Crippen molar-refractivity contribution in [1.82, 2.24) is 9.80 Å². The number of hydrogen-bond donors (Lipinski definition) is 1. The van der Waals surface area contributed by atoms with Crippen molar-refractivity contribution in [1.29, 1.82) is 0 Å². The lowest BCUT2D eigenvalue weighted by atomic mass is 10.1. The van der Waals surface area contributed by atoms with Gasteiger partial charge in [-0.25, -0.2) is 0 Å². The van der Waals surface area contributed by atoms with Crippen molar-refractivity contribution >= 4 is 28.9 Å². The predicted octanol–water partition coefficient (Wildman–Crippen LogP) is 4.02. The van der Waals surface area contributed by atoms with E-state index in [9.17, 15) is 28.1 Å². The van der Waals surface area contributed by atoms with E-state index in [1.54, 1.807) is 6.07 Å². The molecule has 0 saturated carbocycles. The SMILES string of the molecule is O=C(CN1CCN(Cc2cccc(C(F)(F)F)c2)CC1)Nc1ccc([N+](=O)[O-])cc1Cl. The lowest BCUT2D eigenvalue weighted by Gasteiger charge is -2.34. The number of carbonyl (C=O) groups is 1. The van der Waals surface area contributed by atoms with Crippen molar-refractivity contribution in [2.45, 2.75) is 12.7 Å². The Morgan fingerprint density at radius 2 is 1.77 bits per heavy atom. The highest BCUT2D eigenvalue weighted by Crippen LogP contribution is 2.30. The summed E-state index contributed by atoms with van der Waals surface area (Å²) in [6, 6.07) is 9.10. The van der Waals surface area contributed by atoms with Crippen molar-refractivity contribution in [3.05, 3.63) is 68.7 Å². The fourth-order valence-electron chi connectivity index (χ4n) is 3.32. The van der Waals surface area contributed by atoms with Gasteiger partial charge in [0.1, 0.15) is 0 Å². The maximum atomic E-state index is 12.9. The van der Waals surface area contributed by atoms with Gasteiger partial charge in [0, 0.05) is 44.9 Å². The van der Waals surface area contributed by atoms with Crippen LogP contribution in [0.15, 0.2) is 42.5 Å². The maximum absolute atomic E-state index is 12.9. The van der Waals surface area contributed by atoms with Gasteiger partial charge in [0.2, 0.25) is 5.91 Å². The number of nitro benzene ring substituents is 1. The number of nitro groups is 1. The minimum absolute atomic E-state index is 0.0773. The summed E-state index contributed by atoms with van der Waals surface area (Å²) >= 11 is 5.99. The number of hydrogen-bond acceptors (Lipinski definition) is 5. The Kier molecular flexibility index (Phi) is 7.14. The van der Waals surface area contributed by atoms with Crippen LogP contribution in [0, 0.1) is 10.1 Å². The van der Waals surface area contributed by atoms with Crippen LogP contribution in [0.5, 0.6) is 0 Å². The number of amides is 1. The number of halogens is 4. The van der Waals surface area contributed by atoms with E-state index >= 15 is 0 Å². The quantitative estimate of drug-likeness (QED) is 0.524. The molecule has 0 aliphatic carbocycles. The van der Waals surface area contributed by atoms with Crippen LogP contribution in [-0.4, -0.2) is 53.4 Å². The molecule has 1 amide bonds. The summed E-state index contributed by atoms with van der Waals surface area (Å²) in [7, 11) is 0. The molecule has 31 heavy (non-hydrogen) atoms. The number of benzene rings is 2. The second kappa shape index (κ2) is 9.63. The number of nitrogens with one attached hydrogen (secondary N) is 1. The topological polar surface area (TPSA) is 78.7 Å². The second-order valence-electron chi connectivity index (χ2n) is 7.22. The van der Waals surface area contributed by atoms with Gasteiger partial charge in [-0.05, 0) is 17.7 Å². The average Bonchev–Trinajstić information content (AvgIpc) is 2.70. The van der Waals surface area contributed by atoms with Gasteiger partial charge in [0.05, 0.1) is 27.7 Å². The van der Waals surface area contributed by atoms with Gasteiger partial charge in [-0.3, -0.25) is 24.7 Å². The molecular weight excluding hydrogens is 437 g/mol. The van der Waals surface area contributed by atoms with Crippen molar-refractivity contribution in [2.24, 2.45) is 0 Å². The molecule has 0 bridgehead atoms. The molecule has 11 heteroatoms. The van der Waals surface area contributed by atoms with Crippen LogP contribution >= 0.6 is 11.6 Å². The zero-order valence-corrected chi connectivity index (χ0v) is 17.1. The molecule has 0 aromatic heterocycles. The zero-order valence-electron chi connectivity index (χ0n) is 16.4. The summed E-state index contributed by atoms with van der Waals surface area (Å²) in [4.78, 5) is 26.4. The highest BCUT2D eigenvalue weighted by atomic mass is 35.5. The lowest BCUT2D eigenvalue weighted by Crippen LogP contribution is -2.48. The molecule has 0 spiro atoms. The molecule has 0 atom stereocenters.